The lowest BCUT2D eigenvalue weighted by Crippen LogP contribution is -2.41. The van der Waals surface area contributed by atoms with E-state index in [1.807, 2.05) is 6.26 Å². The highest BCUT2D eigenvalue weighted by Gasteiger charge is 2.11. The molecule has 96 valence electrons. The molecule has 17 heavy (non-hydrogen) atoms. The lowest BCUT2D eigenvalue weighted by atomic mass is 10.2. The number of carbonyl (C=O) groups is 1. The highest BCUT2D eigenvalue weighted by molar-refractivity contribution is 7.98. The van der Waals surface area contributed by atoms with Gasteiger partial charge in [0.2, 0.25) is 5.91 Å². The van der Waals surface area contributed by atoms with E-state index in [0.29, 0.717) is 6.54 Å². The molecular formula is C10H19N5OS. The summed E-state index contributed by atoms with van der Waals surface area (Å²) in [5.41, 5.74) is 5.73. The van der Waals surface area contributed by atoms with Crippen LogP contribution in [0.3, 0.4) is 0 Å². The van der Waals surface area contributed by atoms with Gasteiger partial charge in [-0.2, -0.15) is 16.9 Å². The predicted octanol–water partition coefficient (Wildman–Crippen LogP) is -0.0661. The molecule has 0 aliphatic heterocycles. The van der Waals surface area contributed by atoms with E-state index in [9.17, 15) is 4.79 Å². The zero-order chi connectivity index (χ0) is 12.5. The number of hydrogen-bond donors (Lipinski definition) is 3. The van der Waals surface area contributed by atoms with Crippen LogP contribution in [0.2, 0.25) is 0 Å². The standard InChI is InChI=1S/C10H19N5OS/c1-17-6-4-8(11)10(16)12-5-2-3-9-13-7-14-15-9/h7-8H,2-6,11H2,1H3,(H,12,16)(H,13,14,15)/t8-/m0/s1. The molecule has 6 nitrogen and oxygen atoms in total. The molecule has 0 radical (unpaired) electrons. The van der Waals surface area contributed by atoms with Crippen molar-refractivity contribution in [2.45, 2.75) is 25.3 Å². The Morgan fingerprint density at radius 2 is 2.53 bits per heavy atom. The summed E-state index contributed by atoms with van der Waals surface area (Å²) in [7, 11) is 0. The van der Waals surface area contributed by atoms with Crippen molar-refractivity contribution < 1.29 is 4.79 Å². The Morgan fingerprint density at radius 3 is 3.18 bits per heavy atom. The number of amides is 1. The molecule has 0 fully saturated rings. The van der Waals surface area contributed by atoms with Gasteiger partial charge >= 0.3 is 0 Å². The third-order valence-corrected chi connectivity index (χ3v) is 2.97. The van der Waals surface area contributed by atoms with E-state index < -0.39 is 6.04 Å². The first-order valence-corrected chi connectivity index (χ1v) is 7.00. The minimum atomic E-state index is -0.396. The largest absolute Gasteiger partial charge is 0.355 e. The molecule has 4 N–H and O–H groups in total. The number of nitrogens with one attached hydrogen (secondary N) is 2. The van der Waals surface area contributed by atoms with Crippen LogP contribution in [0.5, 0.6) is 0 Å². The van der Waals surface area contributed by atoms with E-state index in [-0.39, 0.29) is 5.91 Å². The normalized spacial score (nSPS) is 12.4. The van der Waals surface area contributed by atoms with E-state index >= 15 is 0 Å². The molecule has 1 aromatic rings. The van der Waals surface area contributed by atoms with Crippen molar-refractivity contribution in [1.82, 2.24) is 20.5 Å². The second-order valence-electron chi connectivity index (χ2n) is 3.71. The number of nitrogens with two attached hydrogens (primary N) is 1. The Labute approximate surface area is 105 Å². The number of aromatic nitrogens is 3. The van der Waals surface area contributed by atoms with Crippen LogP contribution in [0, 0.1) is 0 Å². The number of H-pyrrole nitrogens is 1. The predicted molar refractivity (Wildman–Crippen MR) is 68.7 cm³/mol. The van der Waals surface area contributed by atoms with E-state index in [2.05, 4.69) is 20.5 Å². The van der Waals surface area contributed by atoms with Crippen LogP contribution in [0.4, 0.5) is 0 Å². The van der Waals surface area contributed by atoms with Crippen molar-refractivity contribution in [3.05, 3.63) is 12.2 Å². The first-order valence-electron chi connectivity index (χ1n) is 5.60. The number of aromatic amines is 1. The van der Waals surface area contributed by atoms with Crippen LogP contribution >= 0.6 is 11.8 Å². The molecule has 1 aromatic heterocycles. The van der Waals surface area contributed by atoms with Gasteiger partial charge in [0.25, 0.3) is 0 Å². The third kappa shape index (κ3) is 5.69. The summed E-state index contributed by atoms with van der Waals surface area (Å²) in [6.07, 6.45) is 5.81. The van der Waals surface area contributed by atoms with Crippen molar-refractivity contribution >= 4 is 17.7 Å². The van der Waals surface area contributed by atoms with Gasteiger partial charge in [-0.25, -0.2) is 4.98 Å². The fourth-order valence-corrected chi connectivity index (χ4v) is 1.82. The second-order valence-corrected chi connectivity index (χ2v) is 4.70. The van der Waals surface area contributed by atoms with Crippen LogP contribution in [-0.2, 0) is 11.2 Å². The Morgan fingerprint density at radius 1 is 1.71 bits per heavy atom. The molecule has 0 spiro atoms. The maximum absolute atomic E-state index is 11.5. The summed E-state index contributed by atoms with van der Waals surface area (Å²) < 4.78 is 0. The number of carbonyl (C=O) groups excluding carboxylic acids is 1. The Hall–Kier alpha value is -1.08. The van der Waals surface area contributed by atoms with Gasteiger partial charge in [-0.15, -0.1) is 0 Å². The molecule has 1 atom stereocenters. The Kier molecular flexibility index (Phi) is 6.64. The third-order valence-electron chi connectivity index (χ3n) is 2.32. The number of hydrogen-bond acceptors (Lipinski definition) is 5. The summed E-state index contributed by atoms with van der Waals surface area (Å²) in [4.78, 5) is 15.5. The zero-order valence-corrected chi connectivity index (χ0v) is 10.8. The van der Waals surface area contributed by atoms with E-state index in [1.165, 1.54) is 6.33 Å². The van der Waals surface area contributed by atoms with Gasteiger partial charge in [0.1, 0.15) is 12.2 Å². The smallest absolute Gasteiger partial charge is 0.236 e. The van der Waals surface area contributed by atoms with E-state index in [1.54, 1.807) is 11.8 Å². The summed E-state index contributed by atoms with van der Waals surface area (Å²) in [5.74, 6) is 1.68. The van der Waals surface area contributed by atoms with Crippen LogP contribution in [-0.4, -0.2) is 45.7 Å². The summed E-state index contributed by atoms with van der Waals surface area (Å²) in [6.45, 7) is 0.618. The highest BCUT2D eigenvalue weighted by atomic mass is 32.2. The van der Waals surface area contributed by atoms with Crippen molar-refractivity contribution in [3.8, 4) is 0 Å². The van der Waals surface area contributed by atoms with Gasteiger partial charge < -0.3 is 11.1 Å². The molecule has 0 bridgehead atoms. The van der Waals surface area contributed by atoms with E-state index in [0.717, 1.165) is 30.8 Å². The monoisotopic (exact) mass is 257 g/mol. The van der Waals surface area contributed by atoms with Gasteiger partial charge in [-0.3, -0.25) is 9.89 Å². The van der Waals surface area contributed by atoms with Gasteiger partial charge in [0, 0.05) is 13.0 Å². The summed E-state index contributed by atoms with van der Waals surface area (Å²) in [6, 6.07) is -0.396. The highest BCUT2D eigenvalue weighted by Crippen LogP contribution is 1.98. The Bertz CT molecular complexity index is 317. The van der Waals surface area contributed by atoms with Crippen LogP contribution in [0.15, 0.2) is 6.33 Å². The minimum Gasteiger partial charge on any atom is -0.355 e. The maximum Gasteiger partial charge on any atom is 0.236 e. The fraction of sp³-hybridized carbons (Fsp3) is 0.700. The van der Waals surface area contributed by atoms with Crippen LogP contribution in [0.1, 0.15) is 18.7 Å². The topological polar surface area (TPSA) is 96.7 Å². The van der Waals surface area contributed by atoms with Crippen molar-refractivity contribution in [2.24, 2.45) is 5.73 Å². The molecule has 1 heterocycles. The first-order chi connectivity index (χ1) is 8.24. The molecule has 0 saturated heterocycles. The Balaban J connectivity index is 2.07. The molecule has 1 amide bonds. The van der Waals surface area contributed by atoms with E-state index in [4.69, 9.17) is 5.73 Å². The summed E-state index contributed by atoms with van der Waals surface area (Å²) >= 11 is 1.69. The molecular weight excluding hydrogens is 238 g/mol. The lowest BCUT2D eigenvalue weighted by Gasteiger charge is -2.11. The van der Waals surface area contributed by atoms with Gasteiger partial charge in [0.15, 0.2) is 0 Å². The van der Waals surface area contributed by atoms with Gasteiger partial charge in [-0.1, -0.05) is 0 Å². The van der Waals surface area contributed by atoms with Gasteiger partial charge in [-0.05, 0) is 24.9 Å². The quantitative estimate of drug-likeness (QED) is 0.567. The molecule has 1 rings (SSSR count). The van der Waals surface area contributed by atoms with Gasteiger partial charge in [0.05, 0.1) is 6.04 Å². The second kappa shape index (κ2) is 8.08. The van der Waals surface area contributed by atoms with Crippen molar-refractivity contribution in [1.29, 1.82) is 0 Å². The van der Waals surface area contributed by atoms with Crippen LogP contribution in [0.25, 0.3) is 0 Å². The van der Waals surface area contributed by atoms with Crippen molar-refractivity contribution in [3.63, 3.8) is 0 Å². The molecule has 0 aromatic carbocycles. The summed E-state index contributed by atoms with van der Waals surface area (Å²) in [5, 5.41) is 9.35. The number of aryl methyl sites for hydroxylation is 1. The maximum atomic E-state index is 11.5. The average molecular weight is 257 g/mol. The number of nitrogens with zero attached hydrogens (tertiary/aromatic N) is 2. The SMILES string of the molecule is CSCC[C@H](N)C(=O)NCCCc1ncn[nH]1. The number of thioether (sulfide) groups is 1. The fourth-order valence-electron chi connectivity index (χ4n) is 1.33. The first kappa shape index (κ1) is 14.0. The molecule has 0 unspecified atom stereocenters. The van der Waals surface area contributed by atoms with Crippen LogP contribution < -0.4 is 11.1 Å². The van der Waals surface area contributed by atoms with Crippen molar-refractivity contribution in [2.75, 3.05) is 18.6 Å². The number of rotatable bonds is 8. The average Bonchev–Trinajstić information content (AvgIpc) is 2.84. The lowest BCUT2D eigenvalue weighted by molar-refractivity contribution is -0.122. The molecule has 7 heteroatoms. The zero-order valence-electron chi connectivity index (χ0n) is 9.98. The molecule has 0 saturated carbocycles. The molecule has 0 aliphatic carbocycles. The minimum absolute atomic E-state index is 0.0726. The molecule has 0 aliphatic rings.